The maximum absolute atomic E-state index is 14.0. The summed E-state index contributed by atoms with van der Waals surface area (Å²) < 4.78 is 67.2. The van der Waals surface area contributed by atoms with Gasteiger partial charge in [-0.15, -0.1) is 0 Å². The fourth-order valence-corrected chi connectivity index (χ4v) is 5.04. The second kappa shape index (κ2) is 9.85. The molecule has 3 aromatic rings. The molecule has 0 bridgehead atoms. The Hall–Kier alpha value is -3.52. The van der Waals surface area contributed by atoms with Crippen LogP contribution in [0.5, 0.6) is 0 Å². The van der Waals surface area contributed by atoms with Gasteiger partial charge in [-0.1, -0.05) is 0 Å². The molecule has 1 saturated heterocycles. The summed E-state index contributed by atoms with van der Waals surface area (Å²) >= 11 is 0. The average molecular weight is 524 g/mol. The Morgan fingerprint density at radius 2 is 1.83 bits per heavy atom. The molecule has 4 rings (SSSR count). The first-order valence-electron chi connectivity index (χ1n) is 11.0. The Morgan fingerprint density at radius 1 is 1.08 bits per heavy atom. The van der Waals surface area contributed by atoms with Crippen molar-refractivity contribution in [2.24, 2.45) is 0 Å². The van der Waals surface area contributed by atoms with E-state index >= 15 is 0 Å². The van der Waals surface area contributed by atoms with E-state index < -0.39 is 34.3 Å². The zero-order chi connectivity index (χ0) is 26.1. The third kappa shape index (κ3) is 5.65. The summed E-state index contributed by atoms with van der Waals surface area (Å²) in [5, 5.41) is 3.03. The van der Waals surface area contributed by atoms with Crippen LogP contribution in [0.15, 0.2) is 47.5 Å². The number of halogens is 3. The molecule has 10 nitrogen and oxygen atoms in total. The van der Waals surface area contributed by atoms with Crippen molar-refractivity contribution in [1.29, 1.82) is 0 Å². The fraction of sp³-hybridized carbons (Fsp3) is 0.364. The molecule has 14 heteroatoms. The van der Waals surface area contributed by atoms with Crippen molar-refractivity contribution in [3.63, 3.8) is 0 Å². The number of H-pyrrole nitrogens is 1. The minimum absolute atomic E-state index is 0.0499. The Morgan fingerprint density at radius 3 is 2.53 bits per heavy atom. The highest BCUT2D eigenvalue weighted by atomic mass is 32.2. The van der Waals surface area contributed by atoms with Crippen LogP contribution in [0.1, 0.15) is 12.7 Å². The molecule has 0 aromatic carbocycles. The minimum atomic E-state index is -4.72. The van der Waals surface area contributed by atoms with Crippen molar-refractivity contribution in [2.75, 3.05) is 35.6 Å². The number of aromatic amines is 1. The predicted molar refractivity (Wildman–Crippen MR) is 129 cm³/mol. The van der Waals surface area contributed by atoms with E-state index in [9.17, 15) is 26.4 Å². The van der Waals surface area contributed by atoms with Crippen LogP contribution in [0.2, 0.25) is 0 Å². The number of nitrogens with one attached hydrogen (secondary N) is 2. The maximum atomic E-state index is 14.0. The number of alkyl halides is 3. The van der Waals surface area contributed by atoms with Gasteiger partial charge in [0, 0.05) is 38.1 Å². The van der Waals surface area contributed by atoms with E-state index in [-0.39, 0.29) is 24.7 Å². The monoisotopic (exact) mass is 523 g/mol. The van der Waals surface area contributed by atoms with E-state index in [1.807, 2.05) is 0 Å². The lowest BCUT2D eigenvalue weighted by molar-refractivity contribution is -0.153. The lowest BCUT2D eigenvalue weighted by atomic mass is 10.1. The molecule has 4 heterocycles. The largest absolute Gasteiger partial charge is 0.410 e. The van der Waals surface area contributed by atoms with Crippen molar-refractivity contribution in [2.45, 2.75) is 26.1 Å². The number of aromatic nitrogens is 4. The maximum Gasteiger partial charge on any atom is 0.410 e. The molecule has 0 saturated carbocycles. The number of piperazine rings is 1. The topological polar surface area (TPSA) is 124 Å². The first kappa shape index (κ1) is 25.6. The highest BCUT2D eigenvalue weighted by molar-refractivity contribution is 7.89. The van der Waals surface area contributed by atoms with Gasteiger partial charge in [0.25, 0.3) is 0 Å². The van der Waals surface area contributed by atoms with E-state index in [0.29, 0.717) is 28.6 Å². The molecule has 1 fully saturated rings. The summed E-state index contributed by atoms with van der Waals surface area (Å²) in [6.45, 7) is 2.00. The molecular formula is C22H24F3N7O3S. The molecule has 0 aliphatic carbocycles. The summed E-state index contributed by atoms with van der Waals surface area (Å²) in [5.41, 5.74) is 0.328. The minimum Gasteiger partial charge on any atom is -0.344 e. The van der Waals surface area contributed by atoms with Gasteiger partial charge in [-0.3, -0.25) is 4.79 Å². The average Bonchev–Trinajstić information content (AvgIpc) is 2.83. The molecular weight excluding hydrogens is 499 g/mol. The van der Waals surface area contributed by atoms with Gasteiger partial charge in [-0.05, 0) is 49.2 Å². The molecule has 3 aromatic heterocycles. The van der Waals surface area contributed by atoms with Gasteiger partial charge in [0.05, 0.1) is 5.75 Å². The number of nitrogens with zero attached hydrogens (tertiary/aromatic N) is 5. The second-order valence-electron chi connectivity index (χ2n) is 8.17. The number of sulfonamides is 1. The summed E-state index contributed by atoms with van der Waals surface area (Å²) in [6.07, 6.45) is -1.64. The van der Waals surface area contributed by atoms with E-state index in [1.54, 1.807) is 31.3 Å². The van der Waals surface area contributed by atoms with E-state index in [2.05, 4.69) is 25.3 Å². The van der Waals surface area contributed by atoms with Crippen LogP contribution in [-0.2, 0) is 10.0 Å². The number of hydrogen-bond acceptors (Lipinski definition) is 8. The number of anilines is 3. The van der Waals surface area contributed by atoms with Crippen molar-refractivity contribution < 1.29 is 21.6 Å². The quantitative estimate of drug-likeness (QED) is 0.506. The van der Waals surface area contributed by atoms with E-state index in [0.717, 1.165) is 9.21 Å². The Bertz CT molecular complexity index is 1410. The van der Waals surface area contributed by atoms with Crippen LogP contribution in [0, 0.1) is 6.92 Å². The first-order valence-corrected chi connectivity index (χ1v) is 12.7. The van der Waals surface area contributed by atoms with Crippen LogP contribution < -0.4 is 15.8 Å². The molecule has 1 aliphatic heterocycles. The summed E-state index contributed by atoms with van der Waals surface area (Å²) in [6, 6.07) is 5.53. The summed E-state index contributed by atoms with van der Waals surface area (Å²) in [7, 11) is -3.80. The van der Waals surface area contributed by atoms with Crippen molar-refractivity contribution in [1.82, 2.24) is 24.2 Å². The molecule has 1 atom stereocenters. The molecule has 1 unspecified atom stereocenters. The molecule has 192 valence electrons. The van der Waals surface area contributed by atoms with E-state index in [4.69, 9.17) is 0 Å². The van der Waals surface area contributed by atoms with Gasteiger partial charge >= 0.3 is 6.18 Å². The number of hydrogen-bond donors (Lipinski definition) is 2. The highest BCUT2D eigenvalue weighted by Crippen LogP contribution is 2.33. The van der Waals surface area contributed by atoms with Gasteiger partial charge in [-0.2, -0.15) is 17.5 Å². The van der Waals surface area contributed by atoms with Gasteiger partial charge < -0.3 is 15.2 Å². The van der Waals surface area contributed by atoms with Crippen LogP contribution >= 0.6 is 0 Å². The SMILES string of the molecule is CCS(=O)(=O)N1CCN(c2cc(-c3ccnc(Nc4ccnc(C)n4)c3)cc(=O)[nH]2)C(C(F)(F)F)C1. The van der Waals surface area contributed by atoms with Gasteiger partial charge in [0.2, 0.25) is 15.6 Å². The van der Waals surface area contributed by atoms with Crippen molar-refractivity contribution >= 4 is 27.5 Å². The summed E-state index contributed by atoms with van der Waals surface area (Å²) in [5.74, 6) is 1.13. The number of pyridine rings is 2. The Labute approximate surface area is 205 Å². The number of rotatable bonds is 6. The van der Waals surface area contributed by atoms with E-state index in [1.165, 1.54) is 25.3 Å². The molecule has 0 radical (unpaired) electrons. The van der Waals surface area contributed by atoms with Gasteiger partial charge in [0.1, 0.15) is 29.3 Å². The lowest BCUT2D eigenvalue weighted by Gasteiger charge is -2.42. The molecule has 2 N–H and O–H groups in total. The van der Waals surface area contributed by atoms with Gasteiger partial charge in [0.15, 0.2) is 0 Å². The van der Waals surface area contributed by atoms with Crippen molar-refractivity contribution in [3.8, 4) is 11.1 Å². The third-order valence-corrected chi connectivity index (χ3v) is 7.59. The smallest absolute Gasteiger partial charge is 0.344 e. The molecule has 0 spiro atoms. The van der Waals surface area contributed by atoms with Crippen LogP contribution in [0.25, 0.3) is 11.1 Å². The lowest BCUT2D eigenvalue weighted by Crippen LogP contribution is -2.60. The zero-order valence-electron chi connectivity index (χ0n) is 19.5. The van der Waals surface area contributed by atoms with Crippen LogP contribution in [0.4, 0.5) is 30.6 Å². The van der Waals surface area contributed by atoms with Crippen LogP contribution in [-0.4, -0.2) is 70.3 Å². The second-order valence-corrected chi connectivity index (χ2v) is 10.4. The third-order valence-electron chi connectivity index (χ3n) is 5.74. The number of aryl methyl sites for hydroxylation is 1. The molecule has 36 heavy (non-hydrogen) atoms. The standard InChI is InChI=1S/C22H24F3N7O3S/c1-3-36(34,35)31-8-9-32(17(13-31)22(23,24)25)20-11-16(12-21(33)30-20)15-4-6-27-19(10-15)29-18-5-7-26-14(2)28-18/h4-7,10-12,17H,3,8-9,13H2,1-2H3,(H,30,33)(H,26,27,28,29). The predicted octanol–water partition coefficient (Wildman–Crippen LogP) is 2.68. The Balaban J connectivity index is 1.66. The Kier molecular flexibility index (Phi) is 7.00. The van der Waals surface area contributed by atoms with Crippen LogP contribution in [0.3, 0.4) is 0 Å². The molecule has 1 aliphatic rings. The zero-order valence-corrected chi connectivity index (χ0v) is 20.3. The van der Waals surface area contributed by atoms with Crippen molar-refractivity contribution in [3.05, 3.63) is 58.9 Å². The fourth-order valence-electron chi connectivity index (χ4n) is 3.95. The van der Waals surface area contributed by atoms with Gasteiger partial charge in [-0.25, -0.2) is 23.4 Å². The molecule has 0 amide bonds. The first-order chi connectivity index (χ1) is 17.0. The normalized spacial score (nSPS) is 17.2. The highest BCUT2D eigenvalue weighted by Gasteiger charge is 2.48. The summed E-state index contributed by atoms with van der Waals surface area (Å²) in [4.78, 5) is 28.4.